The molecule has 0 aliphatic carbocycles. The molecule has 0 saturated carbocycles. The van der Waals surface area contributed by atoms with E-state index in [1.807, 2.05) is 12.1 Å². The SMILES string of the molecule is Cc1cccc(CN(C)Cc2ccc(S(C)=O)cc2)c1. The molecule has 0 fully saturated rings. The van der Waals surface area contributed by atoms with E-state index in [0.717, 1.165) is 18.0 Å². The minimum Gasteiger partial charge on any atom is -0.298 e. The fraction of sp³-hybridized carbons (Fsp3) is 0.294. The average Bonchev–Trinajstić information content (AvgIpc) is 2.39. The van der Waals surface area contributed by atoms with Gasteiger partial charge in [-0.25, -0.2) is 0 Å². The molecule has 3 heteroatoms. The summed E-state index contributed by atoms with van der Waals surface area (Å²) in [5, 5.41) is 0. The zero-order valence-electron chi connectivity index (χ0n) is 12.3. The van der Waals surface area contributed by atoms with Gasteiger partial charge in [-0.1, -0.05) is 42.0 Å². The zero-order valence-corrected chi connectivity index (χ0v) is 13.1. The first-order valence-electron chi connectivity index (χ1n) is 6.71. The van der Waals surface area contributed by atoms with E-state index in [1.165, 1.54) is 16.7 Å². The highest BCUT2D eigenvalue weighted by Gasteiger charge is 2.03. The van der Waals surface area contributed by atoms with Gasteiger partial charge in [0.15, 0.2) is 0 Å². The van der Waals surface area contributed by atoms with Gasteiger partial charge in [0.2, 0.25) is 0 Å². The van der Waals surface area contributed by atoms with Crippen molar-refractivity contribution in [1.82, 2.24) is 4.90 Å². The van der Waals surface area contributed by atoms with Gasteiger partial charge in [0.1, 0.15) is 0 Å². The van der Waals surface area contributed by atoms with Crippen molar-refractivity contribution in [1.29, 1.82) is 0 Å². The van der Waals surface area contributed by atoms with E-state index >= 15 is 0 Å². The zero-order chi connectivity index (χ0) is 14.5. The lowest BCUT2D eigenvalue weighted by atomic mass is 10.1. The first-order chi connectivity index (χ1) is 9.54. The highest BCUT2D eigenvalue weighted by molar-refractivity contribution is 7.84. The molecule has 2 aromatic rings. The fourth-order valence-corrected chi connectivity index (χ4v) is 2.80. The van der Waals surface area contributed by atoms with Crippen molar-refractivity contribution >= 4 is 10.8 Å². The summed E-state index contributed by atoms with van der Waals surface area (Å²) in [6.07, 6.45) is 1.71. The molecule has 2 rings (SSSR count). The van der Waals surface area contributed by atoms with Crippen LogP contribution in [-0.4, -0.2) is 22.4 Å². The quantitative estimate of drug-likeness (QED) is 0.840. The van der Waals surface area contributed by atoms with Crippen molar-refractivity contribution < 1.29 is 4.21 Å². The molecular weight excluding hydrogens is 266 g/mol. The Labute approximate surface area is 123 Å². The average molecular weight is 287 g/mol. The van der Waals surface area contributed by atoms with Gasteiger partial charge in [0, 0.05) is 35.0 Å². The number of hydrogen-bond acceptors (Lipinski definition) is 2. The molecule has 0 aromatic heterocycles. The van der Waals surface area contributed by atoms with Crippen LogP contribution >= 0.6 is 0 Å². The van der Waals surface area contributed by atoms with Crippen LogP contribution in [0.25, 0.3) is 0 Å². The molecule has 20 heavy (non-hydrogen) atoms. The molecule has 0 aliphatic rings. The molecule has 0 radical (unpaired) electrons. The van der Waals surface area contributed by atoms with Gasteiger partial charge in [-0.3, -0.25) is 9.11 Å². The molecule has 0 aliphatic heterocycles. The van der Waals surface area contributed by atoms with E-state index in [-0.39, 0.29) is 0 Å². The van der Waals surface area contributed by atoms with Crippen LogP contribution in [0.2, 0.25) is 0 Å². The molecule has 0 N–H and O–H groups in total. The third-order valence-electron chi connectivity index (χ3n) is 3.24. The van der Waals surface area contributed by atoms with Crippen LogP contribution in [0.1, 0.15) is 16.7 Å². The summed E-state index contributed by atoms with van der Waals surface area (Å²) in [5.74, 6) is 0. The molecule has 2 aromatic carbocycles. The fourth-order valence-electron chi connectivity index (χ4n) is 2.28. The Kier molecular flexibility index (Phi) is 5.10. The maximum Gasteiger partial charge on any atom is 0.0498 e. The largest absolute Gasteiger partial charge is 0.298 e. The summed E-state index contributed by atoms with van der Waals surface area (Å²) >= 11 is 0. The van der Waals surface area contributed by atoms with E-state index in [0.29, 0.717) is 0 Å². The Hall–Kier alpha value is -1.45. The standard InChI is InChI=1S/C17H21NOS/c1-14-5-4-6-16(11-14)13-18(2)12-15-7-9-17(10-8-15)20(3)19/h4-11H,12-13H2,1-3H3. The Bertz CT molecular complexity index is 592. The summed E-state index contributed by atoms with van der Waals surface area (Å²) < 4.78 is 11.4. The lowest BCUT2D eigenvalue weighted by Crippen LogP contribution is -2.17. The van der Waals surface area contributed by atoms with Crippen molar-refractivity contribution in [3.05, 3.63) is 65.2 Å². The number of aryl methyl sites for hydroxylation is 1. The molecule has 106 valence electrons. The Morgan fingerprint density at radius 2 is 1.65 bits per heavy atom. The van der Waals surface area contributed by atoms with Crippen molar-refractivity contribution in [3.63, 3.8) is 0 Å². The van der Waals surface area contributed by atoms with Crippen LogP contribution in [0.5, 0.6) is 0 Å². The third-order valence-corrected chi connectivity index (χ3v) is 4.18. The highest BCUT2D eigenvalue weighted by atomic mass is 32.2. The smallest absolute Gasteiger partial charge is 0.0498 e. The van der Waals surface area contributed by atoms with Crippen LogP contribution in [0, 0.1) is 6.92 Å². The second-order valence-corrected chi connectivity index (χ2v) is 6.64. The summed E-state index contributed by atoms with van der Waals surface area (Å²) in [6.45, 7) is 3.95. The van der Waals surface area contributed by atoms with Crippen LogP contribution < -0.4 is 0 Å². The first kappa shape index (κ1) is 14.9. The van der Waals surface area contributed by atoms with E-state index in [4.69, 9.17) is 0 Å². The van der Waals surface area contributed by atoms with Gasteiger partial charge in [-0.05, 0) is 37.2 Å². The number of hydrogen-bond donors (Lipinski definition) is 0. The maximum atomic E-state index is 11.4. The predicted molar refractivity (Wildman–Crippen MR) is 85.1 cm³/mol. The van der Waals surface area contributed by atoms with Gasteiger partial charge in [0.05, 0.1) is 0 Å². The molecule has 1 unspecified atom stereocenters. The summed E-state index contributed by atoms with van der Waals surface area (Å²) in [5.41, 5.74) is 3.87. The maximum absolute atomic E-state index is 11.4. The van der Waals surface area contributed by atoms with Crippen LogP contribution in [-0.2, 0) is 23.9 Å². The van der Waals surface area contributed by atoms with Crippen LogP contribution in [0.4, 0.5) is 0 Å². The van der Waals surface area contributed by atoms with E-state index in [1.54, 1.807) is 6.26 Å². The van der Waals surface area contributed by atoms with Crippen molar-refractivity contribution in [2.24, 2.45) is 0 Å². The normalized spacial score (nSPS) is 12.6. The van der Waals surface area contributed by atoms with Crippen LogP contribution in [0.3, 0.4) is 0 Å². The minimum atomic E-state index is -0.898. The van der Waals surface area contributed by atoms with Gasteiger partial charge < -0.3 is 0 Å². The van der Waals surface area contributed by atoms with E-state index in [2.05, 4.69) is 55.3 Å². The Morgan fingerprint density at radius 1 is 1.00 bits per heavy atom. The molecule has 0 saturated heterocycles. The molecule has 0 spiro atoms. The monoisotopic (exact) mass is 287 g/mol. The lowest BCUT2D eigenvalue weighted by molar-refractivity contribution is 0.319. The number of nitrogens with zero attached hydrogens (tertiary/aromatic N) is 1. The lowest BCUT2D eigenvalue weighted by Gasteiger charge is -2.17. The van der Waals surface area contributed by atoms with Crippen molar-refractivity contribution in [3.8, 4) is 0 Å². The highest BCUT2D eigenvalue weighted by Crippen LogP contribution is 2.12. The molecule has 0 bridgehead atoms. The predicted octanol–water partition coefficient (Wildman–Crippen LogP) is 3.36. The van der Waals surface area contributed by atoms with Gasteiger partial charge in [-0.2, -0.15) is 0 Å². The second-order valence-electron chi connectivity index (χ2n) is 5.26. The topological polar surface area (TPSA) is 20.3 Å². The van der Waals surface area contributed by atoms with Crippen molar-refractivity contribution in [2.75, 3.05) is 13.3 Å². The first-order valence-corrected chi connectivity index (χ1v) is 8.27. The minimum absolute atomic E-state index is 0.884. The Balaban J connectivity index is 1.97. The second kappa shape index (κ2) is 6.82. The molecule has 0 heterocycles. The Morgan fingerprint density at radius 3 is 2.25 bits per heavy atom. The number of rotatable bonds is 5. The third kappa shape index (κ3) is 4.29. The molecule has 2 nitrogen and oxygen atoms in total. The number of benzene rings is 2. The van der Waals surface area contributed by atoms with Gasteiger partial charge in [0.25, 0.3) is 0 Å². The summed E-state index contributed by atoms with van der Waals surface area (Å²) in [6, 6.07) is 16.6. The van der Waals surface area contributed by atoms with Gasteiger partial charge in [-0.15, -0.1) is 0 Å². The van der Waals surface area contributed by atoms with Crippen LogP contribution in [0.15, 0.2) is 53.4 Å². The van der Waals surface area contributed by atoms with Crippen molar-refractivity contribution in [2.45, 2.75) is 24.9 Å². The van der Waals surface area contributed by atoms with E-state index in [9.17, 15) is 4.21 Å². The molecule has 0 amide bonds. The van der Waals surface area contributed by atoms with Gasteiger partial charge >= 0.3 is 0 Å². The molecular formula is C17H21NOS. The van der Waals surface area contributed by atoms with E-state index < -0.39 is 10.8 Å². The molecule has 1 atom stereocenters. The summed E-state index contributed by atoms with van der Waals surface area (Å²) in [7, 11) is 1.22. The summed E-state index contributed by atoms with van der Waals surface area (Å²) in [4.78, 5) is 3.17.